The van der Waals surface area contributed by atoms with E-state index in [2.05, 4.69) is 33.4 Å². The van der Waals surface area contributed by atoms with E-state index in [0.29, 0.717) is 39.0 Å². The molecule has 0 aliphatic carbocycles. The van der Waals surface area contributed by atoms with Crippen LogP contribution in [0.15, 0.2) is 57.9 Å². The molecule has 1 N–H and O–H groups in total. The molecule has 2 amide bonds. The molecule has 2 aliphatic rings. The smallest absolute Gasteiger partial charge is 0.245 e. The molecule has 3 atom stereocenters. The number of amides is 2. The van der Waals surface area contributed by atoms with Crippen molar-refractivity contribution in [2.45, 2.75) is 82.6 Å². The van der Waals surface area contributed by atoms with Gasteiger partial charge in [-0.25, -0.2) is 0 Å². The van der Waals surface area contributed by atoms with Crippen LogP contribution in [-0.4, -0.2) is 53.8 Å². The van der Waals surface area contributed by atoms with E-state index in [1.165, 1.54) is 4.90 Å². The Bertz CT molecular complexity index is 1090. The van der Waals surface area contributed by atoms with Crippen molar-refractivity contribution in [1.29, 1.82) is 0 Å². The van der Waals surface area contributed by atoms with Gasteiger partial charge in [-0.3, -0.25) is 9.59 Å². The number of ether oxygens (including phenoxy) is 2. The highest BCUT2D eigenvalue weighted by atomic mass is 79.9. The number of nitrogens with one attached hydrogen (secondary N) is 1. The van der Waals surface area contributed by atoms with E-state index in [1.54, 1.807) is 11.8 Å². The fourth-order valence-corrected chi connectivity index (χ4v) is 6.11. The van der Waals surface area contributed by atoms with Crippen molar-refractivity contribution in [2.75, 3.05) is 18.9 Å². The van der Waals surface area contributed by atoms with Crippen molar-refractivity contribution in [3.8, 4) is 5.75 Å². The number of thioether (sulfide) groups is 1. The zero-order valence-corrected chi connectivity index (χ0v) is 25.0. The number of hydrogen-bond donors (Lipinski definition) is 1. The molecule has 0 saturated carbocycles. The Hall–Kier alpha value is -2.03. The number of fused-ring (bicyclic) bond motifs is 3. The first kappa shape index (κ1) is 29.0. The topological polar surface area (TPSA) is 67.9 Å². The second kappa shape index (κ2) is 13.4. The minimum atomic E-state index is -0.539. The molecule has 2 heterocycles. The van der Waals surface area contributed by atoms with Crippen LogP contribution < -0.4 is 10.1 Å². The summed E-state index contributed by atoms with van der Waals surface area (Å²) in [7, 11) is 0. The lowest BCUT2D eigenvalue weighted by Gasteiger charge is -2.30. The number of carbonyl (C=O) groups is 2. The Morgan fingerprint density at radius 2 is 1.97 bits per heavy atom. The Labute approximate surface area is 239 Å². The summed E-state index contributed by atoms with van der Waals surface area (Å²) in [5, 5.41) is 3.08. The molecule has 4 rings (SSSR count). The number of benzene rings is 2. The monoisotopic (exact) mass is 602 g/mol. The highest BCUT2D eigenvalue weighted by Crippen LogP contribution is 2.28. The SMILES string of the molecule is CC(C)(C)CC(=O)N[C@H]1CCCCSc2cccc(c2)OC[C@@H]2C[C@H](OCc3ccc(Br)cc3)CN2C1=O. The second-order valence-electron chi connectivity index (χ2n) is 11.4. The molecule has 206 valence electrons. The van der Waals surface area contributed by atoms with Crippen molar-refractivity contribution in [1.82, 2.24) is 10.2 Å². The molecule has 1 fully saturated rings. The van der Waals surface area contributed by atoms with Crippen molar-refractivity contribution >= 4 is 39.5 Å². The highest BCUT2D eigenvalue weighted by molar-refractivity contribution is 9.10. The molecule has 2 aliphatic heterocycles. The number of carbonyl (C=O) groups excluding carboxylic acids is 2. The molecule has 6 nitrogen and oxygen atoms in total. The zero-order valence-electron chi connectivity index (χ0n) is 22.6. The first-order valence-electron chi connectivity index (χ1n) is 13.5. The second-order valence-corrected chi connectivity index (χ2v) is 13.5. The van der Waals surface area contributed by atoms with Crippen LogP contribution in [0, 0.1) is 5.41 Å². The maximum Gasteiger partial charge on any atom is 0.245 e. The van der Waals surface area contributed by atoms with Crippen LogP contribution in [0.2, 0.25) is 0 Å². The molecule has 2 aromatic rings. The molecule has 1 saturated heterocycles. The largest absolute Gasteiger partial charge is 0.491 e. The molecule has 0 spiro atoms. The summed E-state index contributed by atoms with van der Waals surface area (Å²) in [5.74, 6) is 1.66. The van der Waals surface area contributed by atoms with Gasteiger partial charge in [-0.1, -0.05) is 61.3 Å². The summed E-state index contributed by atoms with van der Waals surface area (Å²) in [4.78, 5) is 29.9. The summed E-state index contributed by atoms with van der Waals surface area (Å²) >= 11 is 5.27. The van der Waals surface area contributed by atoms with E-state index in [0.717, 1.165) is 34.4 Å². The number of hydrogen-bond acceptors (Lipinski definition) is 5. The summed E-state index contributed by atoms with van der Waals surface area (Å²) in [6.45, 7) is 7.48. The molecule has 2 aromatic carbocycles. The maximum atomic E-state index is 13.9. The molecule has 38 heavy (non-hydrogen) atoms. The zero-order chi connectivity index (χ0) is 27.1. The van der Waals surface area contributed by atoms with Gasteiger partial charge < -0.3 is 19.7 Å². The first-order chi connectivity index (χ1) is 18.2. The van der Waals surface area contributed by atoms with Gasteiger partial charge in [0.1, 0.15) is 18.4 Å². The third-order valence-electron chi connectivity index (χ3n) is 6.79. The molecule has 0 aromatic heterocycles. The van der Waals surface area contributed by atoms with Crippen LogP contribution in [0.25, 0.3) is 0 Å². The van der Waals surface area contributed by atoms with Crippen molar-refractivity contribution < 1.29 is 19.1 Å². The van der Waals surface area contributed by atoms with Gasteiger partial charge in [0, 0.05) is 22.3 Å². The Morgan fingerprint density at radius 3 is 2.74 bits per heavy atom. The Kier molecular flexibility index (Phi) is 10.2. The van der Waals surface area contributed by atoms with E-state index < -0.39 is 6.04 Å². The molecular weight excluding hydrogens is 564 g/mol. The van der Waals surface area contributed by atoms with E-state index in [4.69, 9.17) is 9.47 Å². The minimum absolute atomic E-state index is 0.0333. The standard InChI is InChI=1S/C30H39BrN2O4S/c1-30(2,3)17-28(34)32-27-9-4-5-14-38-26-8-6-7-24(16-26)37-20-23-15-25(18-33(23)29(27)35)36-19-21-10-12-22(31)13-11-21/h6-8,10-13,16,23,25,27H,4-5,9,14-15,17-20H2,1-3H3,(H,32,34)/t23-,25-,27-/m0/s1. The quantitative estimate of drug-likeness (QED) is 0.440. The van der Waals surface area contributed by atoms with Gasteiger partial charge in [0.2, 0.25) is 11.8 Å². The first-order valence-corrected chi connectivity index (χ1v) is 15.3. The lowest BCUT2D eigenvalue weighted by molar-refractivity contribution is -0.138. The van der Waals surface area contributed by atoms with Gasteiger partial charge in [0.25, 0.3) is 0 Å². The normalized spacial score (nSPS) is 22.8. The number of rotatable bonds is 5. The maximum absolute atomic E-state index is 13.9. The van der Waals surface area contributed by atoms with Crippen LogP contribution in [0.1, 0.15) is 58.4 Å². The van der Waals surface area contributed by atoms with Crippen LogP contribution in [0.3, 0.4) is 0 Å². The van der Waals surface area contributed by atoms with Crippen LogP contribution >= 0.6 is 27.7 Å². The van der Waals surface area contributed by atoms with E-state index >= 15 is 0 Å². The van der Waals surface area contributed by atoms with Gasteiger partial charge in [0.15, 0.2) is 0 Å². The Morgan fingerprint density at radius 1 is 1.18 bits per heavy atom. The summed E-state index contributed by atoms with van der Waals surface area (Å²) < 4.78 is 13.5. The van der Waals surface area contributed by atoms with Crippen molar-refractivity contribution in [2.24, 2.45) is 5.41 Å². The average Bonchev–Trinajstić information content (AvgIpc) is 3.27. The fraction of sp³-hybridized carbons (Fsp3) is 0.533. The fourth-order valence-electron chi connectivity index (χ4n) is 4.89. The summed E-state index contributed by atoms with van der Waals surface area (Å²) in [5.41, 5.74) is 0.944. The van der Waals surface area contributed by atoms with E-state index in [-0.39, 0.29) is 29.4 Å². The van der Waals surface area contributed by atoms with Gasteiger partial charge in [-0.05, 0) is 66.3 Å². The van der Waals surface area contributed by atoms with Crippen LogP contribution in [-0.2, 0) is 20.9 Å². The van der Waals surface area contributed by atoms with E-state index in [9.17, 15) is 9.59 Å². The molecule has 8 heteroatoms. The third kappa shape index (κ3) is 8.75. The highest BCUT2D eigenvalue weighted by Gasteiger charge is 2.39. The number of nitrogens with zero attached hydrogens (tertiary/aromatic N) is 1. The third-order valence-corrected chi connectivity index (χ3v) is 8.39. The predicted molar refractivity (Wildman–Crippen MR) is 155 cm³/mol. The molecule has 0 radical (unpaired) electrons. The number of halogens is 1. The lowest BCUT2D eigenvalue weighted by Crippen LogP contribution is -2.51. The van der Waals surface area contributed by atoms with Gasteiger partial charge in [-0.15, -0.1) is 11.8 Å². The average molecular weight is 604 g/mol. The van der Waals surface area contributed by atoms with Crippen LogP contribution in [0.5, 0.6) is 5.75 Å². The van der Waals surface area contributed by atoms with Gasteiger partial charge in [0.05, 0.1) is 18.8 Å². The minimum Gasteiger partial charge on any atom is -0.491 e. The van der Waals surface area contributed by atoms with Crippen LogP contribution in [0.4, 0.5) is 0 Å². The summed E-state index contributed by atoms with van der Waals surface area (Å²) in [6.07, 6.45) is 3.45. The van der Waals surface area contributed by atoms with E-state index in [1.807, 2.05) is 62.1 Å². The van der Waals surface area contributed by atoms with Crippen molar-refractivity contribution in [3.05, 3.63) is 58.6 Å². The molecule has 0 unspecified atom stereocenters. The summed E-state index contributed by atoms with van der Waals surface area (Å²) in [6, 6.07) is 15.6. The Balaban J connectivity index is 1.50. The predicted octanol–water partition coefficient (Wildman–Crippen LogP) is 6.21. The molecular formula is C30H39BrN2O4S. The van der Waals surface area contributed by atoms with Gasteiger partial charge >= 0.3 is 0 Å². The lowest BCUT2D eigenvalue weighted by atomic mass is 9.91. The molecule has 2 bridgehead atoms. The van der Waals surface area contributed by atoms with Gasteiger partial charge in [-0.2, -0.15) is 0 Å². The van der Waals surface area contributed by atoms with Crippen molar-refractivity contribution in [3.63, 3.8) is 0 Å².